The van der Waals surface area contributed by atoms with Crippen LogP contribution in [0.5, 0.6) is 0 Å². The van der Waals surface area contributed by atoms with Gasteiger partial charge in [-0.3, -0.25) is 9.23 Å². The van der Waals surface area contributed by atoms with Crippen LogP contribution >= 0.6 is 0 Å². The molecule has 0 amide bonds. The zero-order chi connectivity index (χ0) is 18.6. The van der Waals surface area contributed by atoms with E-state index in [4.69, 9.17) is 9.29 Å². The monoisotopic (exact) mass is 375 g/mol. The molecule has 0 saturated carbocycles. The predicted molar refractivity (Wildman–Crippen MR) is 98.6 cm³/mol. The van der Waals surface area contributed by atoms with Gasteiger partial charge in [0.15, 0.2) is 0 Å². The molecular formula is C18H21N3O4S. The van der Waals surface area contributed by atoms with Crippen molar-refractivity contribution in [1.82, 2.24) is 15.1 Å². The summed E-state index contributed by atoms with van der Waals surface area (Å²) in [5.41, 5.74) is 2.26. The minimum atomic E-state index is -4.00. The largest absolute Gasteiger partial charge is 0.369 e. The van der Waals surface area contributed by atoms with Crippen molar-refractivity contribution >= 4 is 21.0 Å². The van der Waals surface area contributed by atoms with E-state index in [0.29, 0.717) is 0 Å². The smallest absolute Gasteiger partial charge is 0.294 e. The molecule has 138 valence electrons. The van der Waals surface area contributed by atoms with Gasteiger partial charge in [0.2, 0.25) is 0 Å². The third-order valence-corrected chi connectivity index (χ3v) is 4.91. The quantitative estimate of drug-likeness (QED) is 0.682. The molecule has 4 rings (SSSR count). The standard InChI is InChI=1S/C12H15N3O.C6H6O3S/c1-13-8-11-12-9-4-2-3-5-10(9)14-15(12)6-7-16-11;7-10(8,9)6-4-2-1-3-5-6/h2-5,11,13H,6-8H2,1H3;1-5H,(H,7,8,9)/t11-;/m0./s1. The molecule has 2 N–H and O–H groups in total. The molecule has 0 unspecified atom stereocenters. The lowest BCUT2D eigenvalue weighted by atomic mass is 10.1. The highest BCUT2D eigenvalue weighted by molar-refractivity contribution is 7.85. The maximum atomic E-state index is 10.4. The van der Waals surface area contributed by atoms with Crippen LogP contribution in [0.15, 0.2) is 59.5 Å². The minimum absolute atomic E-state index is 0.0741. The fraction of sp³-hybridized carbons (Fsp3) is 0.278. The summed E-state index contributed by atoms with van der Waals surface area (Å²) in [5.74, 6) is 0. The highest BCUT2D eigenvalue weighted by Crippen LogP contribution is 2.28. The van der Waals surface area contributed by atoms with Crippen LogP contribution in [0, 0.1) is 0 Å². The zero-order valence-corrected chi connectivity index (χ0v) is 15.2. The van der Waals surface area contributed by atoms with Gasteiger partial charge >= 0.3 is 0 Å². The van der Waals surface area contributed by atoms with Crippen LogP contribution in [0.25, 0.3) is 10.9 Å². The summed E-state index contributed by atoms with van der Waals surface area (Å²) in [5, 5.41) is 8.97. The Labute approximate surface area is 152 Å². The van der Waals surface area contributed by atoms with Gasteiger partial charge in [0, 0.05) is 11.9 Å². The van der Waals surface area contributed by atoms with Gasteiger partial charge in [-0.2, -0.15) is 13.5 Å². The number of ether oxygens (including phenoxy) is 1. The first-order chi connectivity index (χ1) is 12.5. The van der Waals surface area contributed by atoms with Gasteiger partial charge in [0.25, 0.3) is 10.1 Å². The van der Waals surface area contributed by atoms with Gasteiger partial charge in [-0.25, -0.2) is 0 Å². The van der Waals surface area contributed by atoms with Crippen molar-refractivity contribution < 1.29 is 17.7 Å². The van der Waals surface area contributed by atoms with Crippen molar-refractivity contribution in [3.63, 3.8) is 0 Å². The summed E-state index contributed by atoms with van der Waals surface area (Å²) in [6, 6.07) is 15.7. The van der Waals surface area contributed by atoms with Gasteiger partial charge in [-0.15, -0.1) is 0 Å². The van der Waals surface area contributed by atoms with Crippen molar-refractivity contribution in [1.29, 1.82) is 0 Å². The number of hydrogen-bond acceptors (Lipinski definition) is 5. The Morgan fingerprint density at radius 2 is 1.88 bits per heavy atom. The molecule has 1 aromatic heterocycles. The molecule has 0 bridgehead atoms. The summed E-state index contributed by atoms with van der Waals surface area (Å²) < 4.78 is 37.1. The van der Waals surface area contributed by atoms with Gasteiger partial charge < -0.3 is 10.1 Å². The zero-order valence-electron chi connectivity index (χ0n) is 14.4. The average molecular weight is 375 g/mol. The highest BCUT2D eigenvalue weighted by Gasteiger charge is 2.24. The van der Waals surface area contributed by atoms with E-state index in [2.05, 4.69) is 33.3 Å². The Kier molecular flexibility index (Phi) is 5.67. The lowest BCUT2D eigenvalue weighted by Gasteiger charge is -2.24. The molecule has 2 heterocycles. The first-order valence-corrected chi connectivity index (χ1v) is 9.69. The van der Waals surface area contributed by atoms with Crippen molar-refractivity contribution in [2.24, 2.45) is 0 Å². The van der Waals surface area contributed by atoms with E-state index in [1.54, 1.807) is 18.2 Å². The minimum Gasteiger partial charge on any atom is -0.369 e. The van der Waals surface area contributed by atoms with Gasteiger partial charge in [-0.05, 0) is 25.2 Å². The second-order valence-electron chi connectivity index (χ2n) is 5.83. The molecule has 0 spiro atoms. The fourth-order valence-corrected chi connectivity index (χ4v) is 3.41. The SMILES string of the molecule is CNC[C@@H]1OCCn2nc3ccccc3c21.O=S(=O)(O)c1ccccc1. The molecule has 7 nitrogen and oxygen atoms in total. The third kappa shape index (κ3) is 4.10. The summed E-state index contributed by atoms with van der Waals surface area (Å²) >= 11 is 0. The summed E-state index contributed by atoms with van der Waals surface area (Å²) in [6.45, 7) is 2.42. The van der Waals surface area contributed by atoms with Crippen LogP contribution in [0.3, 0.4) is 0 Å². The Balaban J connectivity index is 0.000000170. The van der Waals surface area contributed by atoms with Crippen molar-refractivity contribution in [3.8, 4) is 0 Å². The molecule has 2 aromatic carbocycles. The topological polar surface area (TPSA) is 93.5 Å². The van der Waals surface area contributed by atoms with E-state index in [-0.39, 0.29) is 11.0 Å². The highest BCUT2D eigenvalue weighted by atomic mass is 32.2. The maximum Gasteiger partial charge on any atom is 0.294 e. The van der Waals surface area contributed by atoms with Crippen molar-refractivity contribution in [2.75, 3.05) is 20.2 Å². The molecule has 1 aliphatic heterocycles. The number of aromatic nitrogens is 2. The Hall–Kier alpha value is -2.26. The molecule has 1 atom stereocenters. The van der Waals surface area contributed by atoms with Crippen LogP contribution in [0.4, 0.5) is 0 Å². The third-order valence-electron chi connectivity index (χ3n) is 4.04. The second-order valence-corrected chi connectivity index (χ2v) is 7.25. The van der Waals surface area contributed by atoms with E-state index in [1.165, 1.54) is 23.2 Å². The normalized spacial score (nSPS) is 16.6. The number of nitrogens with one attached hydrogen (secondary N) is 1. The molecule has 8 heteroatoms. The number of likely N-dealkylation sites (N-methyl/N-ethyl adjacent to an activating group) is 1. The van der Waals surface area contributed by atoms with Gasteiger partial charge in [-0.1, -0.05) is 36.4 Å². The lowest BCUT2D eigenvalue weighted by molar-refractivity contribution is 0.0195. The van der Waals surface area contributed by atoms with Gasteiger partial charge in [0.1, 0.15) is 6.10 Å². The average Bonchev–Trinajstić information content (AvgIpc) is 3.02. The molecule has 1 aliphatic rings. The molecule has 0 radical (unpaired) electrons. The van der Waals surface area contributed by atoms with Crippen LogP contribution in [0.1, 0.15) is 11.8 Å². The molecule has 0 saturated heterocycles. The maximum absolute atomic E-state index is 10.4. The van der Waals surface area contributed by atoms with Crippen LogP contribution in [0.2, 0.25) is 0 Å². The van der Waals surface area contributed by atoms with Crippen LogP contribution in [-0.2, 0) is 21.4 Å². The number of benzene rings is 2. The van der Waals surface area contributed by atoms with E-state index in [9.17, 15) is 8.42 Å². The van der Waals surface area contributed by atoms with E-state index in [0.717, 1.165) is 25.2 Å². The van der Waals surface area contributed by atoms with E-state index < -0.39 is 10.1 Å². The Bertz CT molecular complexity index is 971. The number of nitrogens with zero attached hydrogens (tertiary/aromatic N) is 2. The fourth-order valence-electron chi connectivity index (χ4n) is 2.90. The van der Waals surface area contributed by atoms with Crippen molar-refractivity contribution in [3.05, 3.63) is 60.3 Å². The Morgan fingerprint density at radius 3 is 2.54 bits per heavy atom. The number of hydrogen-bond donors (Lipinski definition) is 2. The van der Waals surface area contributed by atoms with E-state index in [1.807, 2.05) is 13.1 Å². The molecule has 3 aromatic rings. The first kappa shape index (κ1) is 18.5. The summed E-state index contributed by atoms with van der Waals surface area (Å²) in [6.07, 6.45) is 0.117. The van der Waals surface area contributed by atoms with Gasteiger partial charge in [0.05, 0.1) is 29.3 Å². The predicted octanol–water partition coefficient (Wildman–Crippen LogP) is 2.26. The van der Waals surface area contributed by atoms with E-state index >= 15 is 0 Å². The first-order valence-electron chi connectivity index (χ1n) is 8.25. The lowest BCUT2D eigenvalue weighted by Crippen LogP contribution is -2.28. The molecule has 26 heavy (non-hydrogen) atoms. The summed E-state index contributed by atoms with van der Waals surface area (Å²) in [7, 11) is -2.06. The molecule has 0 fully saturated rings. The number of rotatable bonds is 3. The van der Waals surface area contributed by atoms with Crippen LogP contribution < -0.4 is 5.32 Å². The van der Waals surface area contributed by atoms with Crippen LogP contribution in [-0.4, -0.2) is 43.0 Å². The number of fused-ring (bicyclic) bond motifs is 3. The Morgan fingerprint density at radius 1 is 1.19 bits per heavy atom. The second kappa shape index (κ2) is 7.96. The molecular weight excluding hydrogens is 354 g/mol. The van der Waals surface area contributed by atoms with Crippen molar-refractivity contribution in [2.45, 2.75) is 17.5 Å². The molecule has 0 aliphatic carbocycles. The summed E-state index contributed by atoms with van der Waals surface area (Å²) in [4.78, 5) is -0.0741.